The number of carbonyl (C=O) groups excluding carboxylic acids is 1. The van der Waals surface area contributed by atoms with E-state index < -0.39 is 11.9 Å². The van der Waals surface area contributed by atoms with Gasteiger partial charge in [-0.05, 0) is 6.42 Å². The summed E-state index contributed by atoms with van der Waals surface area (Å²) in [4.78, 5) is 26.4. The average Bonchev–Trinajstić information content (AvgIpc) is 2.95. The number of carbonyl (C=O) groups is 2. The number of aromatic carboxylic acids is 1. The van der Waals surface area contributed by atoms with Crippen molar-refractivity contribution >= 4 is 28.9 Å². The van der Waals surface area contributed by atoms with E-state index in [2.05, 4.69) is 15.4 Å². The molecule has 0 aliphatic carbocycles. The van der Waals surface area contributed by atoms with Gasteiger partial charge < -0.3 is 10.4 Å². The summed E-state index contributed by atoms with van der Waals surface area (Å²) in [5, 5.41) is 17.1. The van der Waals surface area contributed by atoms with E-state index in [9.17, 15) is 9.59 Å². The molecule has 2 N–H and O–H groups in total. The predicted molar refractivity (Wildman–Crippen MR) is 69.6 cm³/mol. The van der Waals surface area contributed by atoms with Crippen LogP contribution in [0.15, 0.2) is 11.6 Å². The van der Waals surface area contributed by atoms with Gasteiger partial charge in [0.1, 0.15) is 0 Å². The minimum atomic E-state index is -1.15. The lowest BCUT2D eigenvalue weighted by atomic mass is 10.3. The quantitative estimate of drug-likeness (QED) is 0.882. The van der Waals surface area contributed by atoms with Crippen LogP contribution < -0.4 is 5.32 Å². The van der Waals surface area contributed by atoms with Crippen LogP contribution in [0.4, 0.5) is 5.69 Å². The molecule has 0 saturated carbocycles. The molecule has 2 rings (SSSR count). The molecule has 2 heterocycles. The second-order valence-electron chi connectivity index (χ2n) is 3.81. The van der Waals surface area contributed by atoms with Gasteiger partial charge in [0, 0.05) is 18.6 Å². The first-order valence-electron chi connectivity index (χ1n) is 5.54. The summed E-state index contributed by atoms with van der Waals surface area (Å²) in [6, 6.07) is 0. The Morgan fingerprint density at radius 3 is 2.84 bits per heavy atom. The molecule has 0 spiro atoms. The van der Waals surface area contributed by atoms with Crippen molar-refractivity contribution < 1.29 is 14.7 Å². The van der Waals surface area contributed by atoms with Gasteiger partial charge >= 0.3 is 5.97 Å². The van der Waals surface area contributed by atoms with Gasteiger partial charge in [0.05, 0.1) is 11.4 Å². The van der Waals surface area contributed by atoms with Crippen molar-refractivity contribution in [3.63, 3.8) is 0 Å². The SMILES string of the molecule is CCc1nn(C)cc1NC(=O)c1nc(C(=O)O)cs1. The summed E-state index contributed by atoms with van der Waals surface area (Å²) in [6.45, 7) is 1.93. The van der Waals surface area contributed by atoms with Crippen molar-refractivity contribution in [2.24, 2.45) is 7.05 Å². The molecule has 0 fully saturated rings. The van der Waals surface area contributed by atoms with Crippen LogP contribution in [0.5, 0.6) is 0 Å². The fraction of sp³-hybridized carbons (Fsp3) is 0.273. The highest BCUT2D eigenvalue weighted by Crippen LogP contribution is 2.17. The molecule has 0 unspecified atom stereocenters. The number of carboxylic acids is 1. The Balaban J connectivity index is 2.18. The fourth-order valence-corrected chi connectivity index (χ4v) is 2.24. The molecule has 100 valence electrons. The number of thiazole rings is 1. The maximum absolute atomic E-state index is 11.9. The van der Waals surface area contributed by atoms with Crippen molar-refractivity contribution in [1.29, 1.82) is 0 Å². The largest absolute Gasteiger partial charge is 0.476 e. The highest BCUT2D eigenvalue weighted by Gasteiger charge is 2.16. The summed E-state index contributed by atoms with van der Waals surface area (Å²) in [5.41, 5.74) is 1.25. The summed E-state index contributed by atoms with van der Waals surface area (Å²) in [5.74, 6) is -1.58. The Labute approximate surface area is 112 Å². The number of nitrogens with zero attached hydrogens (tertiary/aromatic N) is 3. The molecular formula is C11H12N4O3S. The molecule has 0 atom stereocenters. The van der Waals surface area contributed by atoms with Gasteiger partial charge in [0.25, 0.3) is 5.91 Å². The van der Waals surface area contributed by atoms with E-state index in [4.69, 9.17) is 5.11 Å². The number of hydrogen-bond acceptors (Lipinski definition) is 5. The number of carboxylic acid groups (broad SMARTS) is 1. The number of hydrogen-bond donors (Lipinski definition) is 2. The van der Waals surface area contributed by atoms with Crippen molar-refractivity contribution in [2.45, 2.75) is 13.3 Å². The fourth-order valence-electron chi connectivity index (χ4n) is 1.55. The lowest BCUT2D eigenvalue weighted by Gasteiger charge is -2.00. The van der Waals surface area contributed by atoms with E-state index in [1.807, 2.05) is 6.92 Å². The molecule has 0 aromatic carbocycles. The zero-order valence-electron chi connectivity index (χ0n) is 10.4. The first-order valence-corrected chi connectivity index (χ1v) is 6.42. The smallest absolute Gasteiger partial charge is 0.355 e. The normalized spacial score (nSPS) is 10.4. The number of amides is 1. The van der Waals surface area contributed by atoms with Crippen molar-refractivity contribution in [2.75, 3.05) is 5.32 Å². The molecule has 2 aromatic heterocycles. The van der Waals surface area contributed by atoms with Gasteiger partial charge in [0.15, 0.2) is 10.7 Å². The van der Waals surface area contributed by atoms with Crippen LogP contribution in [0.3, 0.4) is 0 Å². The van der Waals surface area contributed by atoms with E-state index in [-0.39, 0.29) is 10.7 Å². The van der Waals surface area contributed by atoms with Crippen LogP contribution in [-0.2, 0) is 13.5 Å². The van der Waals surface area contributed by atoms with E-state index in [0.29, 0.717) is 12.1 Å². The monoisotopic (exact) mass is 280 g/mol. The molecule has 0 aliphatic rings. The lowest BCUT2D eigenvalue weighted by Crippen LogP contribution is -2.12. The van der Waals surface area contributed by atoms with Crippen LogP contribution in [0.1, 0.15) is 32.9 Å². The zero-order valence-corrected chi connectivity index (χ0v) is 11.2. The highest BCUT2D eigenvalue weighted by atomic mass is 32.1. The van der Waals surface area contributed by atoms with Crippen LogP contribution >= 0.6 is 11.3 Å². The van der Waals surface area contributed by atoms with Gasteiger partial charge in [-0.15, -0.1) is 11.3 Å². The van der Waals surface area contributed by atoms with Crippen LogP contribution in [0.2, 0.25) is 0 Å². The van der Waals surface area contributed by atoms with Gasteiger partial charge in [-0.1, -0.05) is 6.92 Å². The number of anilines is 1. The molecule has 0 saturated heterocycles. The van der Waals surface area contributed by atoms with Crippen LogP contribution in [0, 0.1) is 0 Å². The van der Waals surface area contributed by atoms with E-state index in [0.717, 1.165) is 17.0 Å². The third kappa shape index (κ3) is 2.79. The number of aryl methyl sites for hydroxylation is 2. The minimum absolute atomic E-state index is 0.114. The number of aromatic nitrogens is 3. The topological polar surface area (TPSA) is 97.1 Å². The Hall–Kier alpha value is -2.22. The summed E-state index contributed by atoms with van der Waals surface area (Å²) < 4.78 is 1.61. The maximum atomic E-state index is 11.9. The van der Waals surface area contributed by atoms with Crippen LogP contribution in [-0.4, -0.2) is 31.7 Å². The minimum Gasteiger partial charge on any atom is -0.476 e. The van der Waals surface area contributed by atoms with Crippen LogP contribution in [0.25, 0.3) is 0 Å². The maximum Gasteiger partial charge on any atom is 0.355 e. The average molecular weight is 280 g/mol. The van der Waals surface area contributed by atoms with E-state index in [1.165, 1.54) is 5.38 Å². The molecule has 2 aromatic rings. The Morgan fingerprint density at radius 1 is 1.53 bits per heavy atom. The summed E-state index contributed by atoms with van der Waals surface area (Å²) >= 11 is 0.994. The molecule has 19 heavy (non-hydrogen) atoms. The molecule has 7 nitrogen and oxygen atoms in total. The first-order chi connectivity index (χ1) is 9.01. The molecule has 0 bridgehead atoms. The van der Waals surface area contributed by atoms with Gasteiger partial charge in [-0.3, -0.25) is 9.48 Å². The third-order valence-corrected chi connectivity index (χ3v) is 3.25. The summed E-state index contributed by atoms with van der Waals surface area (Å²) in [6.07, 6.45) is 2.39. The number of nitrogens with one attached hydrogen (secondary N) is 1. The van der Waals surface area contributed by atoms with Crippen molar-refractivity contribution in [3.8, 4) is 0 Å². The van der Waals surface area contributed by atoms with E-state index in [1.54, 1.807) is 17.9 Å². The Kier molecular flexibility index (Phi) is 3.61. The molecule has 1 amide bonds. The van der Waals surface area contributed by atoms with Crippen molar-refractivity contribution in [1.82, 2.24) is 14.8 Å². The van der Waals surface area contributed by atoms with Crippen molar-refractivity contribution in [3.05, 3.63) is 28.0 Å². The standard InChI is InChI=1S/C11H12N4O3S/c1-3-6-7(4-15(2)14-6)12-9(16)10-13-8(5-19-10)11(17)18/h4-5H,3H2,1-2H3,(H,12,16)(H,17,18). The first kappa shape index (κ1) is 13.2. The molecular weight excluding hydrogens is 268 g/mol. The van der Waals surface area contributed by atoms with E-state index >= 15 is 0 Å². The second-order valence-corrected chi connectivity index (χ2v) is 4.67. The van der Waals surface area contributed by atoms with Gasteiger partial charge in [-0.25, -0.2) is 9.78 Å². The summed E-state index contributed by atoms with van der Waals surface area (Å²) in [7, 11) is 1.76. The highest BCUT2D eigenvalue weighted by molar-refractivity contribution is 7.12. The molecule has 0 aliphatic heterocycles. The zero-order chi connectivity index (χ0) is 14.0. The number of rotatable bonds is 4. The lowest BCUT2D eigenvalue weighted by molar-refractivity contribution is 0.0691. The predicted octanol–water partition coefficient (Wildman–Crippen LogP) is 1.39. The van der Waals surface area contributed by atoms with Gasteiger partial charge in [-0.2, -0.15) is 5.10 Å². The second kappa shape index (κ2) is 5.19. The van der Waals surface area contributed by atoms with Gasteiger partial charge in [0.2, 0.25) is 0 Å². The molecule has 0 radical (unpaired) electrons. The molecule has 8 heteroatoms. The Bertz CT molecular complexity index is 632. The Morgan fingerprint density at radius 2 is 2.26 bits per heavy atom. The third-order valence-electron chi connectivity index (χ3n) is 2.41.